The molecule has 0 saturated heterocycles. The third-order valence-electron chi connectivity index (χ3n) is 11.9. The molecule has 4 aliphatic rings. The number of aliphatic hydroxyl groups is 1. The van der Waals surface area contributed by atoms with Crippen molar-refractivity contribution in [3.8, 4) is 0 Å². The fourth-order valence-electron chi connectivity index (χ4n) is 8.97. The smallest absolute Gasteiger partial charge is 0.100 e. The summed E-state index contributed by atoms with van der Waals surface area (Å²) in [5, 5.41) is 10.4. The molecule has 0 radical (unpaired) electrons. The summed E-state index contributed by atoms with van der Waals surface area (Å²) in [7, 11) is 0. The third kappa shape index (κ3) is 2.11. The van der Waals surface area contributed by atoms with Gasteiger partial charge in [0.1, 0.15) is 6.33 Å². The van der Waals surface area contributed by atoms with Crippen LogP contribution < -0.4 is 0 Å². The maximum atomic E-state index is 10.4. The Morgan fingerprint density at radius 3 is 2.44 bits per heavy atom. The van der Waals surface area contributed by atoms with E-state index in [0.29, 0.717) is 0 Å². The molecule has 32 heavy (non-hydrogen) atoms. The predicted molar refractivity (Wildman–Crippen MR) is 131 cm³/mol. The highest BCUT2D eigenvalue weighted by Gasteiger charge is 2.72. The molecule has 0 spiro atoms. The van der Waals surface area contributed by atoms with E-state index in [1.54, 1.807) is 0 Å². The van der Waals surface area contributed by atoms with E-state index in [1.807, 2.05) is 6.33 Å². The van der Waals surface area contributed by atoms with Gasteiger partial charge in [0.15, 0.2) is 0 Å². The van der Waals surface area contributed by atoms with Crippen LogP contribution in [0.2, 0.25) is 0 Å². The first kappa shape index (κ1) is 20.7. The normalized spacial score (nSPS) is 45.6. The zero-order chi connectivity index (χ0) is 22.6. The average molecular weight is 431 g/mol. The summed E-state index contributed by atoms with van der Waals surface area (Å²) in [6.45, 7) is 12.9. The highest BCUT2D eigenvalue weighted by Crippen LogP contribution is 2.80. The molecule has 1 heterocycles. The number of nitrogens with zero attached hydrogens (tertiary/aromatic N) is 2. The first-order chi connectivity index (χ1) is 15.1. The maximum absolute atomic E-state index is 10.4. The van der Waals surface area contributed by atoms with Gasteiger partial charge in [0.2, 0.25) is 0 Å². The molecular weight excluding hydrogens is 392 g/mol. The number of para-hydroxylation sites is 2. The number of imidazole rings is 1. The summed E-state index contributed by atoms with van der Waals surface area (Å²) in [5.74, 6) is 0. The second-order valence-corrected chi connectivity index (χ2v) is 12.4. The molecule has 1 unspecified atom stereocenters. The second kappa shape index (κ2) is 6.17. The number of fused-ring (bicyclic) bond motifs is 6. The van der Waals surface area contributed by atoms with Gasteiger partial charge in [-0.1, -0.05) is 64.5 Å². The van der Waals surface area contributed by atoms with Crippen LogP contribution in [0.25, 0.3) is 16.7 Å². The van der Waals surface area contributed by atoms with Gasteiger partial charge >= 0.3 is 0 Å². The van der Waals surface area contributed by atoms with E-state index in [2.05, 4.69) is 75.6 Å². The quantitative estimate of drug-likeness (QED) is 0.496. The Morgan fingerprint density at radius 1 is 0.875 bits per heavy atom. The monoisotopic (exact) mass is 430 g/mol. The van der Waals surface area contributed by atoms with Crippen LogP contribution in [0.4, 0.5) is 0 Å². The lowest BCUT2D eigenvalue weighted by molar-refractivity contribution is -0.204. The highest BCUT2D eigenvalue weighted by atomic mass is 16.3. The lowest BCUT2D eigenvalue weighted by Crippen LogP contribution is -2.66. The second-order valence-electron chi connectivity index (χ2n) is 12.4. The Kier molecular flexibility index (Phi) is 3.99. The zero-order valence-corrected chi connectivity index (χ0v) is 20.4. The Hall–Kier alpha value is -1.87. The van der Waals surface area contributed by atoms with Gasteiger partial charge in [0.25, 0.3) is 0 Å². The van der Waals surface area contributed by atoms with Crippen LogP contribution in [0.5, 0.6) is 0 Å². The number of allylic oxidation sites excluding steroid dienone is 3. The van der Waals surface area contributed by atoms with Crippen molar-refractivity contribution in [2.75, 3.05) is 0 Å². The highest BCUT2D eigenvalue weighted by molar-refractivity contribution is 5.80. The predicted octanol–water partition coefficient (Wildman–Crippen LogP) is 6.98. The SMILES string of the molecule is C[C@@]12CC=C3CC(O)CC[C@]3(C)[C@@]1(C)CC[C@]1(C)C(n3cnc4ccccc43)=CC[C@@]21C. The van der Waals surface area contributed by atoms with Gasteiger partial charge in [-0.25, -0.2) is 4.98 Å². The summed E-state index contributed by atoms with van der Waals surface area (Å²) in [4.78, 5) is 4.73. The fourth-order valence-corrected chi connectivity index (χ4v) is 8.97. The molecule has 1 N–H and O–H groups in total. The minimum Gasteiger partial charge on any atom is -0.393 e. The van der Waals surface area contributed by atoms with Crippen LogP contribution >= 0.6 is 0 Å². The number of hydrogen-bond acceptors (Lipinski definition) is 2. The molecule has 3 nitrogen and oxygen atoms in total. The van der Waals surface area contributed by atoms with Gasteiger partial charge in [-0.05, 0) is 78.7 Å². The van der Waals surface area contributed by atoms with Crippen LogP contribution in [-0.2, 0) is 0 Å². The molecule has 170 valence electrons. The molecule has 2 saturated carbocycles. The van der Waals surface area contributed by atoms with E-state index in [0.717, 1.165) is 37.6 Å². The molecule has 0 bridgehead atoms. The Bertz CT molecular complexity index is 1170. The first-order valence-electron chi connectivity index (χ1n) is 12.6. The van der Waals surface area contributed by atoms with Crippen LogP contribution in [0.3, 0.4) is 0 Å². The molecular formula is C29H38N2O. The maximum Gasteiger partial charge on any atom is 0.100 e. The van der Waals surface area contributed by atoms with Crippen LogP contribution in [-0.4, -0.2) is 20.8 Å². The van der Waals surface area contributed by atoms with Crippen molar-refractivity contribution in [2.45, 2.75) is 85.7 Å². The average Bonchev–Trinajstić information content (AvgIpc) is 3.31. The van der Waals surface area contributed by atoms with Crippen molar-refractivity contribution >= 4 is 16.7 Å². The molecule has 4 aliphatic carbocycles. The number of rotatable bonds is 1. The molecule has 2 fully saturated rings. The molecule has 6 atom stereocenters. The summed E-state index contributed by atoms with van der Waals surface area (Å²) in [6.07, 6.45) is 14.6. The molecule has 1 aromatic carbocycles. The van der Waals surface area contributed by atoms with Gasteiger partial charge in [-0.3, -0.25) is 0 Å². The van der Waals surface area contributed by atoms with Crippen molar-refractivity contribution in [3.63, 3.8) is 0 Å². The summed E-state index contributed by atoms with van der Waals surface area (Å²) < 4.78 is 2.38. The first-order valence-corrected chi connectivity index (χ1v) is 12.6. The van der Waals surface area contributed by atoms with Gasteiger partial charge in [0, 0.05) is 11.1 Å². The summed E-state index contributed by atoms with van der Waals surface area (Å²) >= 11 is 0. The van der Waals surface area contributed by atoms with E-state index < -0.39 is 0 Å². The number of hydrogen-bond donors (Lipinski definition) is 1. The lowest BCUT2D eigenvalue weighted by atomic mass is 9.31. The minimum absolute atomic E-state index is 0.112. The molecule has 1 aromatic heterocycles. The number of aromatic nitrogens is 2. The fraction of sp³-hybridized carbons (Fsp3) is 0.621. The van der Waals surface area contributed by atoms with Crippen molar-refractivity contribution in [1.82, 2.24) is 9.55 Å². The topological polar surface area (TPSA) is 38.0 Å². The van der Waals surface area contributed by atoms with E-state index in [-0.39, 0.29) is 33.2 Å². The molecule has 3 heteroatoms. The molecule has 0 aliphatic heterocycles. The van der Waals surface area contributed by atoms with Crippen molar-refractivity contribution in [2.24, 2.45) is 27.1 Å². The largest absolute Gasteiger partial charge is 0.393 e. The molecule has 0 amide bonds. The van der Waals surface area contributed by atoms with Gasteiger partial charge < -0.3 is 9.67 Å². The summed E-state index contributed by atoms with van der Waals surface area (Å²) in [6, 6.07) is 8.53. The Labute approximate surface area is 192 Å². The van der Waals surface area contributed by atoms with Crippen molar-refractivity contribution in [3.05, 3.63) is 48.3 Å². The molecule has 2 aromatic rings. The van der Waals surface area contributed by atoms with E-state index in [4.69, 9.17) is 4.98 Å². The van der Waals surface area contributed by atoms with Crippen LogP contribution in [0.15, 0.2) is 48.3 Å². The van der Waals surface area contributed by atoms with E-state index >= 15 is 0 Å². The zero-order valence-electron chi connectivity index (χ0n) is 20.4. The van der Waals surface area contributed by atoms with Crippen molar-refractivity contribution < 1.29 is 5.11 Å². The standard InChI is InChI=1S/C29H38N2O/c1-25-13-11-21(32)18-20(25)10-14-29(5)27(3)15-12-24(26(27,2)16-17-28(25,29)4)31-19-30-22-8-6-7-9-23(22)31/h6-10,12,19,21,32H,11,13-18H2,1-5H3/t21?,25-,26+,27+,28+,29-/m0/s1. The van der Waals surface area contributed by atoms with Crippen LogP contribution in [0, 0.1) is 27.1 Å². The Morgan fingerprint density at radius 2 is 1.62 bits per heavy atom. The lowest BCUT2D eigenvalue weighted by Gasteiger charge is -2.72. The summed E-state index contributed by atoms with van der Waals surface area (Å²) in [5.41, 5.74) is 6.20. The van der Waals surface area contributed by atoms with Gasteiger partial charge in [0.05, 0.1) is 17.1 Å². The number of aliphatic hydroxyl groups excluding tert-OH is 1. The minimum atomic E-state index is -0.152. The van der Waals surface area contributed by atoms with E-state index in [9.17, 15) is 5.11 Å². The van der Waals surface area contributed by atoms with Gasteiger partial charge in [-0.2, -0.15) is 0 Å². The van der Waals surface area contributed by atoms with Gasteiger partial charge in [-0.15, -0.1) is 0 Å². The van der Waals surface area contributed by atoms with Crippen LogP contribution in [0.1, 0.15) is 79.6 Å². The third-order valence-corrected chi connectivity index (χ3v) is 11.9. The Balaban J connectivity index is 1.48. The van der Waals surface area contributed by atoms with Crippen molar-refractivity contribution in [1.29, 1.82) is 0 Å². The number of benzene rings is 1. The molecule has 6 rings (SSSR count). The van der Waals surface area contributed by atoms with E-state index in [1.165, 1.54) is 29.6 Å².